The van der Waals surface area contributed by atoms with Crippen molar-refractivity contribution in [2.45, 2.75) is 0 Å². The first-order valence-electron chi connectivity index (χ1n) is 0.169. The van der Waals surface area contributed by atoms with E-state index in [1.54, 1.807) is 0 Å². The Labute approximate surface area is 74.8 Å². The van der Waals surface area contributed by atoms with Gasteiger partial charge in [0, 0.05) is 17.1 Å². The van der Waals surface area contributed by atoms with E-state index in [-0.39, 0.29) is 59.0 Å². The van der Waals surface area contributed by atoms with E-state index >= 15 is 0 Å². The predicted octanol–water partition coefficient (Wildman–Crippen LogP) is -0.0967. The van der Waals surface area contributed by atoms with Crippen LogP contribution < -0.4 is 0 Å². The first-order valence-corrected chi connectivity index (χ1v) is 0.507. The molecule has 0 aliphatic carbocycles. The van der Waals surface area contributed by atoms with Gasteiger partial charge < -0.3 is 0 Å². The van der Waals surface area contributed by atoms with Crippen molar-refractivity contribution in [1.29, 1.82) is 0 Å². The molecule has 0 aromatic rings. The summed E-state index contributed by atoms with van der Waals surface area (Å²) in [7, 11) is 0. The van der Waals surface area contributed by atoms with E-state index < -0.39 is 0 Å². The van der Waals surface area contributed by atoms with Gasteiger partial charge in [0.15, 0.2) is 0 Å². The van der Waals surface area contributed by atoms with E-state index in [1.807, 2.05) is 0 Å². The summed E-state index contributed by atoms with van der Waals surface area (Å²) in [6, 6.07) is 0. The predicted molar refractivity (Wildman–Crippen MR) is 22.5 cm³/mol. The van der Waals surface area contributed by atoms with E-state index in [1.165, 1.54) is 0 Å². The third-order valence-corrected chi connectivity index (χ3v) is 0. The fraction of sp³-hybridized carbons (Fsp3) is 0. The average Bonchev–Trinajstić information content (AvgIpc) is 1.00. The van der Waals surface area contributed by atoms with Crippen molar-refractivity contribution >= 4 is 53.8 Å². The van der Waals surface area contributed by atoms with Crippen molar-refractivity contribution in [3.8, 4) is 0 Å². The Hall–Kier alpha value is 2.06. The molecule has 5 heteroatoms. The number of hydrogen-bond donors (Lipinski definition) is 1. The molecule has 0 fully saturated rings. The summed E-state index contributed by atoms with van der Waals surface area (Å²) in [6.45, 7) is 0. The Balaban J connectivity index is -0.00000000167. The molecule has 0 heterocycles. The van der Waals surface area contributed by atoms with Crippen LogP contribution in [0, 0.1) is 0 Å². The molecule has 0 radical (unpaired) electrons. The van der Waals surface area contributed by atoms with E-state index in [0.717, 1.165) is 0 Å². The third-order valence-electron chi connectivity index (χ3n) is 0. The molecule has 0 atom stereocenters. The van der Waals surface area contributed by atoms with Gasteiger partial charge in [-0.3, -0.25) is 4.66 Å². The summed E-state index contributed by atoms with van der Waals surface area (Å²) in [5, 5.41) is 0. The first-order chi connectivity index (χ1) is 1.00. The van der Waals surface area contributed by atoms with Gasteiger partial charge in [0.1, 0.15) is 0 Å². The summed E-state index contributed by atoms with van der Waals surface area (Å²) in [4.78, 5) is 0. The Morgan fingerprint density at radius 3 is 1.20 bits per heavy atom. The molecule has 0 saturated carbocycles. The second-order valence-corrected chi connectivity index (χ2v) is 0. The van der Waals surface area contributed by atoms with Gasteiger partial charge in [0.05, 0.1) is 11.9 Å². The summed E-state index contributed by atoms with van der Waals surface area (Å²) >= 11 is 3.64. The van der Waals surface area contributed by atoms with Crippen molar-refractivity contribution in [3.63, 3.8) is 0 Å². The zero-order valence-electron chi connectivity index (χ0n) is 1.59. The standard InChI is InChI=1S/ClHO.ClH.Fe.Na.H/c1-2;;;;/h2H;1H;;;. The van der Waals surface area contributed by atoms with Crippen molar-refractivity contribution in [2.75, 3.05) is 0 Å². The van der Waals surface area contributed by atoms with Gasteiger partial charge in [-0.05, 0) is 0 Å². The fourth-order valence-corrected chi connectivity index (χ4v) is 0. The van der Waals surface area contributed by atoms with Crippen LogP contribution in [0.1, 0.15) is 0 Å². The summed E-state index contributed by atoms with van der Waals surface area (Å²) in [5.74, 6) is 0. The fourth-order valence-electron chi connectivity index (χ4n) is 0. The van der Waals surface area contributed by atoms with Crippen molar-refractivity contribution < 1.29 is 21.7 Å². The molecule has 0 aromatic heterocycles. The zero-order valence-corrected chi connectivity index (χ0v) is 4.26. The van der Waals surface area contributed by atoms with E-state index in [4.69, 9.17) is 4.66 Å². The molecule has 0 saturated heterocycles. The molecule has 0 spiro atoms. The van der Waals surface area contributed by atoms with Crippen LogP contribution in [-0.2, 0) is 17.1 Å². The quantitative estimate of drug-likeness (QED) is 0.502. The summed E-state index contributed by atoms with van der Waals surface area (Å²) in [6.07, 6.45) is 0. The minimum atomic E-state index is 0. The van der Waals surface area contributed by atoms with Crippen molar-refractivity contribution in [1.82, 2.24) is 0 Å². The molecular weight excluding hydrogens is 166 g/mol. The Morgan fingerprint density at radius 2 is 1.20 bits per heavy atom. The normalized spacial score (nSPS) is 1.20. The van der Waals surface area contributed by atoms with Gasteiger partial charge >= 0.3 is 29.6 Å². The average molecular weight is 169 g/mol. The SMILES string of the molecule is Cl.OCl.[Fe].[NaH]. The molecular formula is H3Cl2FeNaO. The van der Waals surface area contributed by atoms with Crippen LogP contribution in [0.25, 0.3) is 0 Å². The maximum atomic E-state index is 6.47. The maximum absolute atomic E-state index is 6.47. The van der Waals surface area contributed by atoms with Crippen LogP contribution >= 0.6 is 24.3 Å². The molecule has 32 valence electrons. The second-order valence-electron chi connectivity index (χ2n) is 0. The molecule has 0 aliphatic heterocycles. The van der Waals surface area contributed by atoms with E-state index in [2.05, 4.69) is 11.9 Å². The van der Waals surface area contributed by atoms with Crippen LogP contribution in [0.2, 0.25) is 0 Å². The van der Waals surface area contributed by atoms with Crippen molar-refractivity contribution in [2.24, 2.45) is 0 Å². The number of hydrogen-bond acceptors (Lipinski definition) is 1. The molecule has 0 rings (SSSR count). The molecule has 0 unspecified atom stereocenters. The number of halogens is 2. The summed E-state index contributed by atoms with van der Waals surface area (Å²) < 4.78 is 6.47. The van der Waals surface area contributed by atoms with Gasteiger partial charge in [-0.1, -0.05) is 0 Å². The Kier molecular flexibility index (Phi) is 203. The molecule has 0 aromatic carbocycles. The van der Waals surface area contributed by atoms with E-state index in [0.29, 0.717) is 0 Å². The molecule has 0 amide bonds. The molecule has 0 bridgehead atoms. The molecule has 1 N–H and O–H groups in total. The van der Waals surface area contributed by atoms with Gasteiger partial charge in [-0.25, -0.2) is 0 Å². The molecule has 1 nitrogen and oxygen atoms in total. The molecule has 5 heavy (non-hydrogen) atoms. The van der Waals surface area contributed by atoms with Gasteiger partial charge in [0.2, 0.25) is 0 Å². The van der Waals surface area contributed by atoms with Gasteiger partial charge in [0.25, 0.3) is 0 Å². The van der Waals surface area contributed by atoms with Gasteiger partial charge in [-0.2, -0.15) is 0 Å². The van der Waals surface area contributed by atoms with Gasteiger partial charge in [-0.15, -0.1) is 12.4 Å². The second kappa shape index (κ2) is 36.6. The topological polar surface area (TPSA) is 20.2 Å². The van der Waals surface area contributed by atoms with Crippen LogP contribution in [0.5, 0.6) is 0 Å². The minimum absolute atomic E-state index is 0. The Bertz CT molecular complexity index is 9.61. The molecule has 0 aliphatic rings. The monoisotopic (exact) mass is 168 g/mol. The Morgan fingerprint density at radius 1 is 1.20 bits per heavy atom. The number of rotatable bonds is 0. The third kappa shape index (κ3) is 23.5. The first kappa shape index (κ1) is 27.7. The van der Waals surface area contributed by atoms with Crippen LogP contribution in [0.15, 0.2) is 0 Å². The van der Waals surface area contributed by atoms with E-state index in [9.17, 15) is 0 Å². The van der Waals surface area contributed by atoms with Crippen LogP contribution in [0.4, 0.5) is 0 Å². The summed E-state index contributed by atoms with van der Waals surface area (Å²) in [5.41, 5.74) is 0. The van der Waals surface area contributed by atoms with Crippen molar-refractivity contribution in [3.05, 3.63) is 0 Å². The van der Waals surface area contributed by atoms with Crippen LogP contribution in [0.3, 0.4) is 0 Å². The zero-order chi connectivity index (χ0) is 2.00. The van der Waals surface area contributed by atoms with Crippen LogP contribution in [-0.4, -0.2) is 34.2 Å².